The van der Waals surface area contributed by atoms with E-state index < -0.39 is 7.82 Å². The predicted octanol–water partition coefficient (Wildman–Crippen LogP) is -2.14. The van der Waals surface area contributed by atoms with Gasteiger partial charge in [0.15, 0.2) is 0 Å². The summed E-state index contributed by atoms with van der Waals surface area (Å²) in [6.07, 6.45) is 0. The Hall–Kier alpha value is 2.59. The van der Waals surface area contributed by atoms with Crippen molar-refractivity contribution in [3.63, 3.8) is 0 Å². The molecule has 0 saturated heterocycles. The van der Waals surface area contributed by atoms with E-state index in [1.54, 1.807) is 0 Å². The van der Waals surface area contributed by atoms with Crippen LogP contribution in [0.5, 0.6) is 0 Å². The smallest absolute Gasteiger partial charge is 0.412 e. The van der Waals surface area contributed by atoms with Crippen LogP contribution in [-0.4, -0.2) is 78.3 Å². The summed E-state index contributed by atoms with van der Waals surface area (Å²) < 4.78 is 8.88. The van der Waals surface area contributed by atoms with Crippen LogP contribution in [0.3, 0.4) is 0 Å². The summed E-state index contributed by atoms with van der Waals surface area (Å²) in [5, 5.41) is 0. The minimum atomic E-state index is -4.64. The zero-order valence-electron chi connectivity index (χ0n) is 4.20. The molecule has 0 aromatic rings. The molecule has 8 heavy (non-hydrogen) atoms. The molecule has 0 aliphatic heterocycles. The van der Waals surface area contributed by atoms with E-state index in [4.69, 9.17) is 19.2 Å². The number of hydrogen-bond acceptors (Lipinski definition) is 1. The third kappa shape index (κ3) is 73.8. The molecular weight excluding hydrogens is 244 g/mol. The van der Waals surface area contributed by atoms with E-state index in [2.05, 4.69) is 0 Å². The number of hydrogen-bond donors (Lipinski definition) is 3. The van der Waals surface area contributed by atoms with E-state index in [1.165, 1.54) is 0 Å². The second-order valence-electron chi connectivity index (χ2n) is 0.513. The van der Waals surface area contributed by atoms with Crippen LogP contribution in [0.25, 0.3) is 0 Å². The molecule has 0 amide bonds. The molecular formula is H5O5PRbTi. The third-order valence-electron chi connectivity index (χ3n) is 0. The Labute approximate surface area is 110 Å². The van der Waals surface area contributed by atoms with Crippen molar-refractivity contribution in [2.75, 3.05) is 0 Å². The van der Waals surface area contributed by atoms with E-state index >= 15 is 0 Å². The van der Waals surface area contributed by atoms with Crippen molar-refractivity contribution < 1.29 is 46.4 Å². The van der Waals surface area contributed by atoms with Crippen molar-refractivity contribution in [1.82, 2.24) is 0 Å². The van der Waals surface area contributed by atoms with Gasteiger partial charge in [-0.15, -0.1) is 0 Å². The van der Waals surface area contributed by atoms with Crippen LogP contribution in [0.15, 0.2) is 0 Å². The molecule has 0 bridgehead atoms. The van der Waals surface area contributed by atoms with Crippen LogP contribution < -0.4 is 0 Å². The van der Waals surface area contributed by atoms with Gasteiger partial charge < -0.3 is 20.2 Å². The summed E-state index contributed by atoms with van der Waals surface area (Å²) in [4.78, 5) is 21.6. The fourth-order valence-electron chi connectivity index (χ4n) is 0. The van der Waals surface area contributed by atoms with Crippen LogP contribution in [0.2, 0.25) is 0 Å². The molecule has 0 heterocycles. The summed E-state index contributed by atoms with van der Waals surface area (Å²) in [6.45, 7) is 0. The fraction of sp³-hybridized carbons (Fsp3) is 0. The van der Waals surface area contributed by atoms with Gasteiger partial charge in [-0.3, -0.25) is 0 Å². The van der Waals surface area contributed by atoms with Gasteiger partial charge in [-0.25, -0.2) is 4.57 Å². The Bertz CT molecular complexity index is 58.6. The van der Waals surface area contributed by atoms with E-state index in [1.807, 2.05) is 0 Å². The molecule has 0 fully saturated rings. The first kappa shape index (κ1) is 22.4. The summed E-state index contributed by atoms with van der Waals surface area (Å²) in [6, 6.07) is 0. The van der Waals surface area contributed by atoms with Crippen LogP contribution in [0, 0.1) is 0 Å². The van der Waals surface area contributed by atoms with Gasteiger partial charge in [-0.05, 0) is 0 Å². The second-order valence-corrected chi connectivity index (χ2v) is 1.54. The number of phosphoric acid groups is 1. The molecule has 0 spiro atoms. The molecule has 8 heteroatoms. The van der Waals surface area contributed by atoms with Gasteiger partial charge in [0.2, 0.25) is 0 Å². The van der Waals surface area contributed by atoms with E-state index in [-0.39, 0.29) is 85.4 Å². The van der Waals surface area contributed by atoms with Gasteiger partial charge in [0.25, 0.3) is 0 Å². The first-order chi connectivity index (χ1) is 2.00. The molecule has 0 unspecified atom stereocenters. The molecule has 0 aromatic carbocycles. The first-order valence-corrected chi connectivity index (χ1v) is 2.35. The molecule has 0 aromatic heterocycles. The van der Waals surface area contributed by atoms with Crippen molar-refractivity contribution in [3.05, 3.63) is 0 Å². The SMILES string of the molecule is O.O=P(O)(O)O.[Rb].[Ti]. The summed E-state index contributed by atoms with van der Waals surface area (Å²) in [7, 11) is -4.64. The molecule has 0 atom stereocenters. The fourth-order valence-corrected chi connectivity index (χ4v) is 0. The average Bonchev–Trinajstić information content (AvgIpc) is 0.722. The van der Waals surface area contributed by atoms with Crippen LogP contribution in [0.1, 0.15) is 0 Å². The molecule has 45 valence electrons. The standard InChI is InChI=1S/H3O4P.H2O.Rb.Ti/c1-5(2,3)4;;;/h(H3,1,2,3,4);1H2;;. The topological polar surface area (TPSA) is 109 Å². The molecule has 5 N–H and O–H groups in total. The van der Waals surface area contributed by atoms with Gasteiger partial charge in [0.1, 0.15) is 0 Å². The quantitative estimate of drug-likeness (QED) is 0.336. The summed E-state index contributed by atoms with van der Waals surface area (Å²) >= 11 is 0. The predicted molar refractivity (Wildman–Crippen MR) is 23.6 cm³/mol. The molecule has 1 radical (unpaired) electrons. The normalized spacial score (nSPS) is 7.38. The van der Waals surface area contributed by atoms with Gasteiger partial charge in [0.05, 0.1) is 0 Å². The summed E-state index contributed by atoms with van der Waals surface area (Å²) in [5.74, 6) is 0. The van der Waals surface area contributed by atoms with Crippen LogP contribution >= 0.6 is 7.82 Å². The summed E-state index contributed by atoms with van der Waals surface area (Å²) in [5.41, 5.74) is 0. The maximum atomic E-state index is 8.88. The minimum Gasteiger partial charge on any atom is -0.412 e. The largest absolute Gasteiger partial charge is 0.466 e. The Morgan fingerprint density at radius 3 is 1.12 bits per heavy atom. The third-order valence-corrected chi connectivity index (χ3v) is 0. The Morgan fingerprint density at radius 2 is 1.12 bits per heavy atom. The molecule has 0 aliphatic carbocycles. The Kier molecular flexibility index (Phi) is 26.9. The Balaban J connectivity index is -0.0000000267. The van der Waals surface area contributed by atoms with Gasteiger partial charge in [-0.1, -0.05) is 0 Å². The molecule has 0 aliphatic rings. The second kappa shape index (κ2) is 9.59. The van der Waals surface area contributed by atoms with E-state index in [9.17, 15) is 0 Å². The minimum absolute atomic E-state index is 0. The maximum absolute atomic E-state index is 8.88. The molecule has 0 rings (SSSR count). The first-order valence-electron chi connectivity index (χ1n) is 0.783. The van der Waals surface area contributed by atoms with Crippen LogP contribution in [-0.2, 0) is 26.3 Å². The Morgan fingerprint density at radius 1 is 1.12 bits per heavy atom. The van der Waals surface area contributed by atoms with Crippen LogP contribution in [0.4, 0.5) is 0 Å². The average molecular weight is 249 g/mol. The number of rotatable bonds is 0. The molecule has 0 saturated carbocycles. The molecule has 5 nitrogen and oxygen atoms in total. The van der Waals surface area contributed by atoms with Gasteiger partial charge >= 0.3 is 7.82 Å². The monoisotopic (exact) mass is 249 g/mol. The van der Waals surface area contributed by atoms with Crippen molar-refractivity contribution in [3.8, 4) is 0 Å². The van der Waals surface area contributed by atoms with Crippen molar-refractivity contribution in [2.45, 2.75) is 0 Å². The van der Waals surface area contributed by atoms with Crippen molar-refractivity contribution in [1.29, 1.82) is 0 Å². The van der Waals surface area contributed by atoms with Crippen molar-refractivity contribution >= 4 is 66.0 Å². The zero-order chi connectivity index (χ0) is 4.50. The zero-order valence-corrected chi connectivity index (χ0v) is 11.6. The van der Waals surface area contributed by atoms with E-state index in [0.29, 0.717) is 0 Å². The van der Waals surface area contributed by atoms with E-state index in [0.717, 1.165) is 0 Å². The van der Waals surface area contributed by atoms with Crippen molar-refractivity contribution in [2.24, 2.45) is 0 Å². The van der Waals surface area contributed by atoms with Gasteiger partial charge in [-0.2, -0.15) is 0 Å². The maximum Gasteiger partial charge on any atom is 0.466 e. The van der Waals surface area contributed by atoms with Gasteiger partial charge in [0, 0.05) is 79.9 Å².